The maximum Gasteiger partial charge on any atom is 0.321 e. The first kappa shape index (κ1) is 17.4. The first-order chi connectivity index (χ1) is 12.1. The molecule has 7 heteroatoms. The fourth-order valence-electron chi connectivity index (χ4n) is 2.86. The molecule has 0 aliphatic heterocycles. The number of carbonyl (C=O) groups is 1. The molecule has 0 aliphatic carbocycles. The van der Waals surface area contributed by atoms with Crippen molar-refractivity contribution in [2.24, 2.45) is 0 Å². The number of H-pyrrole nitrogens is 1. The molecule has 3 rings (SSSR count). The zero-order chi connectivity index (χ0) is 17.8. The van der Waals surface area contributed by atoms with Gasteiger partial charge in [-0.05, 0) is 31.4 Å². The van der Waals surface area contributed by atoms with Gasteiger partial charge in [-0.2, -0.15) is 0 Å². The Morgan fingerprint density at radius 3 is 2.92 bits per heavy atom. The van der Waals surface area contributed by atoms with Crippen LogP contribution < -0.4 is 10.6 Å². The van der Waals surface area contributed by atoms with Crippen LogP contribution in [0, 0.1) is 6.92 Å². The minimum absolute atomic E-state index is 0.135. The number of urea groups is 1. The van der Waals surface area contributed by atoms with Crippen molar-refractivity contribution in [2.75, 3.05) is 11.9 Å². The number of nitrogens with zero attached hydrogens (tertiary/aromatic N) is 1. The van der Waals surface area contributed by atoms with Gasteiger partial charge in [-0.1, -0.05) is 25.1 Å². The highest BCUT2D eigenvalue weighted by atomic mass is 32.1. The molecular weight excluding hydrogens is 336 g/mol. The second-order valence-corrected chi connectivity index (χ2v) is 7.12. The minimum Gasteiger partial charge on any atom is -0.394 e. The first-order valence-corrected chi connectivity index (χ1v) is 9.12. The molecule has 25 heavy (non-hydrogen) atoms. The summed E-state index contributed by atoms with van der Waals surface area (Å²) < 4.78 is 0. The monoisotopic (exact) mass is 358 g/mol. The second kappa shape index (κ2) is 7.67. The van der Waals surface area contributed by atoms with Crippen LogP contribution in [0.25, 0.3) is 10.9 Å². The summed E-state index contributed by atoms with van der Waals surface area (Å²) in [5, 5.41) is 16.9. The molecule has 1 aromatic carbocycles. The van der Waals surface area contributed by atoms with E-state index in [9.17, 15) is 9.90 Å². The van der Waals surface area contributed by atoms with E-state index in [1.54, 1.807) is 0 Å². The summed E-state index contributed by atoms with van der Waals surface area (Å²) in [5.74, 6) is 0. The lowest BCUT2D eigenvalue weighted by Crippen LogP contribution is -2.41. The van der Waals surface area contributed by atoms with E-state index in [0.29, 0.717) is 11.6 Å². The zero-order valence-corrected chi connectivity index (χ0v) is 15.1. The number of anilines is 1. The van der Waals surface area contributed by atoms with Gasteiger partial charge in [-0.15, -0.1) is 11.3 Å². The van der Waals surface area contributed by atoms with E-state index in [2.05, 4.69) is 20.6 Å². The number of benzene rings is 1. The lowest BCUT2D eigenvalue weighted by molar-refractivity contribution is 0.224. The Hall–Kier alpha value is -2.38. The van der Waals surface area contributed by atoms with Gasteiger partial charge in [0.1, 0.15) is 0 Å². The van der Waals surface area contributed by atoms with Crippen LogP contribution in [-0.2, 0) is 12.8 Å². The van der Waals surface area contributed by atoms with E-state index in [4.69, 9.17) is 0 Å². The summed E-state index contributed by atoms with van der Waals surface area (Å²) in [7, 11) is 0. The summed E-state index contributed by atoms with van der Waals surface area (Å²) in [6.45, 7) is 3.89. The van der Waals surface area contributed by atoms with Crippen molar-refractivity contribution in [3.8, 4) is 0 Å². The number of hydrogen-bond acceptors (Lipinski definition) is 4. The van der Waals surface area contributed by atoms with Crippen LogP contribution in [0.3, 0.4) is 0 Å². The standard InChI is InChI=1S/C18H22N4O2S/c1-3-15-11(2)25-18(21-15)22-17(24)20-13(10-23)8-12-9-19-16-7-5-4-6-14(12)16/h4-7,9,13,19,23H,3,8,10H2,1-2H3,(H2,20,21,22,24). The smallest absolute Gasteiger partial charge is 0.321 e. The van der Waals surface area contributed by atoms with E-state index in [0.717, 1.165) is 33.5 Å². The number of hydrogen-bond donors (Lipinski definition) is 4. The van der Waals surface area contributed by atoms with Crippen LogP contribution >= 0.6 is 11.3 Å². The number of nitrogens with one attached hydrogen (secondary N) is 3. The first-order valence-electron chi connectivity index (χ1n) is 8.30. The van der Waals surface area contributed by atoms with Crippen LogP contribution in [-0.4, -0.2) is 33.8 Å². The minimum atomic E-state index is -0.370. The molecule has 1 unspecified atom stereocenters. The second-order valence-electron chi connectivity index (χ2n) is 5.92. The Morgan fingerprint density at radius 2 is 2.20 bits per heavy atom. The molecule has 3 aromatic rings. The molecule has 0 saturated heterocycles. The number of aryl methyl sites for hydroxylation is 2. The number of aromatic nitrogens is 2. The Bertz CT molecular complexity index is 871. The van der Waals surface area contributed by atoms with Gasteiger partial charge in [-0.25, -0.2) is 9.78 Å². The number of fused-ring (bicyclic) bond motifs is 1. The number of aliphatic hydroxyl groups is 1. The van der Waals surface area contributed by atoms with Gasteiger partial charge in [0.15, 0.2) is 5.13 Å². The molecule has 0 saturated carbocycles. The quantitative estimate of drug-likeness (QED) is 0.545. The molecule has 2 aromatic heterocycles. The highest BCUT2D eigenvalue weighted by Gasteiger charge is 2.16. The Labute approximate surface area is 150 Å². The van der Waals surface area contributed by atoms with Gasteiger partial charge in [0.2, 0.25) is 0 Å². The number of rotatable bonds is 6. The predicted octanol–water partition coefficient (Wildman–Crippen LogP) is 3.22. The van der Waals surface area contributed by atoms with Crippen molar-refractivity contribution in [1.29, 1.82) is 0 Å². The van der Waals surface area contributed by atoms with Gasteiger partial charge in [0, 0.05) is 22.0 Å². The Kier molecular flexibility index (Phi) is 5.35. The highest BCUT2D eigenvalue weighted by Crippen LogP contribution is 2.22. The molecule has 1 atom stereocenters. The molecule has 2 amide bonds. The third kappa shape index (κ3) is 4.00. The van der Waals surface area contributed by atoms with E-state index in [1.165, 1.54) is 11.3 Å². The molecular formula is C18H22N4O2S. The number of thiazole rings is 1. The molecule has 4 N–H and O–H groups in total. The average Bonchev–Trinajstić information content (AvgIpc) is 3.17. The van der Waals surface area contributed by atoms with Crippen molar-refractivity contribution in [2.45, 2.75) is 32.7 Å². The van der Waals surface area contributed by atoms with Crippen molar-refractivity contribution in [1.82, 2.24) is 15.3 Å². The molecule has 2 heterocycles. The molecule has 0 fully saturated rings. The Morgan fingerprint density at radius 1 is 1.40 bits per heavy atom. The molecule has 0 bridgehead atoms. The van der Waals surface area contributed by atoms with Crippen LogP contribution in [0.2, 0.25) is 0 Å². The summed E-state index contributed by atoms with van der Waals surface area (Å²) >= 11 is 1.46. The van der Waals surface area contributed by atoms with Gasteiger partial charge in [0.05, 0.1) is 18.3 Å². The van der Waals surface area contributed by atoms with Crippen LogP contribution in [0.1, 0.15) is 23.1 Å². The molecule has 0 radical (unpaired) electrons. The fourth-order valence-corrected chi connectivity index (χ4v) is 3.75. The number of amides is 2. The van der Waals surface area contributed by atoms with Crippen molar-refractivity contribution in [3.63, 3.8) is 0 Å². The van der Waals surface area contributed by atoms with Crippen molar-refractivity contribution < 1.29 is 9.90 Å². The van der Waals surface area contributed by atoms with Crippen LogP contribution in [0.4, 0.5) is 9.93 Å². The Balaban J connectivity index is 1.64. The van der Waals surface area contributed by atoms with Crippen molar-refractivity contribution >= 4 is 33.4 Å². The topological polar surface area (TPSA) is 90.0 Å². The van der Waals surface area contributed by atoms with Crippen LogP contribution in [0.15, 0.2) is 30.5 Å². The predicted molar refractivity (Wildman–Crippen MR) is 101 cm³/mol. The number of para-hydroxylation sites is 1. The van der Waals surface area contributed by atoms with Gasteiger partial charge >= 0.3 is 6.03 Å². The van der Waals surface area contributed by atoms with E-state index >= 15 is 0 Å². The van der Waals surface area contributed by atoms with E-state index in [-0.39, 0.29) is 18.7 Å². The lowest BCUT2D eigenvalue weighted by atomic mass is 10.1. The fraction of sp³-hybridized carbons (Fsp3) is 0.333. The SMILES string of the molecule is CCc1nc(NC(=O)NC(CO)Cc2c[nH]c3ccccc23)sc1C. The van der Waals surface area contributed by atoms with Gasteiger partial charge in [0.25, 0.3) is 0 Å². The molecule has 0 spiro atoms. The van der Waals surface area contributed by atoms with Gasteiger partial charge in [-0.3, -0.25) is 5.32 Å². The summed E-state index contributed by atoms with van der Waals surface area (Å²) in [4.78, 5) is 20.9. The molecule has 132 valence electrons. The summed E-state index contributed by atoms with van der Waals surface area (Å²) in [5.41, 5.74) is 3.11. The largest absolute Gasteiger partial charge is 0.394 e. The maximum atomic E-state index is 12.2. The van der Waals surface area contributed by atoms with E-state index < -0.39 is 0 Å². The molecule has 6 nitrogen and oxygen atoms in total. The maximum absolute atomic E-state index is 12.2. The normalized spacial score (nSPS) is 12.3. The van der Waals surface area contributed by atoms with Crippen molar-refractivity contribution in [3.05, 3.63) is 46.6 Å². The average molecular weight is 358 g/mol. The number of aromatic amines is 1. The summed E-state index contributed by atoms with van der Waals surface area (Å²) in [6, 6.07) is 7.26. The highest BCUT2D eigenvalue weighted by molar-refractivity contribution is 7.15. The number of aliphatic hydroxyl groups excluding tert-OH is 1. The zero-order valence-electron chi connectivity index (χ0n) is 14.3. The van der Waals surface area contributed by atoms with Crippen LogP contribution in [0.5, 0.6) is 0 Å². The molecule has 0 aliphatic rings. The third-order valence-electron chi connectivity index (χ3n) is 4.14. The van der Waals surface area contributed by atoms with Gasteiger partial charge < -0.3 is 15.4 Å². The summed E-state index contributed by atoms with van der Waals surface area (Å²) in [6.07, 6.45) is 3.31. The van der Waals surface area contributed by atoms with E-state index in [1.807, 2.05) is 44.3 Å². The number of carbonyl (C=O) groups excluding carboxylic acids is 1. The third-order valence-corrected chi connectivity index (χ3v) is 5.07. The lowest BCUT2D eigenvalue weighted by Gasteiger charge is -2.16.